The van der Waals surface area contributed by atoms with Gasteiger partial charge in [0.15, 0.2) is 0 Å². The summed E-state index contributed by atoms with van der Waals surface area (Å²) in [5.41, 5.74) is 1.31. The lowest BCUT2D eigenvalue weighted by molar-refractivity contribution is -0.155. The Kier molecular flexibility index (Phi) is 4.54. The molecule has 0 aromatic rings. The van der Waals surface area contributed by atoms with E-state index < -0.39 is 0 Å². The first-order chi connectivity index (χ1) is 8.36. The third kappa shape index (κ3) is 2.57. The number of hydrogen-bond donors (Lipinski definition) is 0. The maximum atomic E-state index is 11.7. The Morgan fingerprint density at radius 3 is 2.22 bits per heavy atom. The van der Waals surface area contributed by atoms with E-state index in [-0.39, 0.29) is 23.3 Å². The van der Waals surface area contributed by atoms with Crippen molar-refractivity contribution in [3.05, 3.63) is 11.1 Å². The van der Waals surface area contributed by atoms with Crippen molar-refractivity contribution in [2.45, 2.75) is 41.0 Å². The molecule has 1 unspecified atom stereocenters. The third-order valence-corrected chi connectivity index (χ3v) is 3.66. The van der Waals surface area contributed by atoms with Crippen molar-refractivity contribution in [2.75, 3.05) is 13.2 Å². The topological polar surface area (TPSA) is 52.6 Å². The monoisotopic (exact) mass is 254 g/mol. The predicted octanol–water partition coefficient (Wildman–Crippen LogP) is 2.48. The molecule has 1 fully saturated rings. The molecule has 1 aliphatic carbocycles. The van der Waals surface area contributed by atoms with E-state index in [1.165, 1.54) is 0 Å². The van der Waals surface area contributed by atoms with Crippen molar-refractivity contribution in [3.63, 3.8) is 0 Å². The Morgan fingerprint density at radius 2 is 1.78 bits per heavy atom. The lowest BCUT2D eigenvalue weighted by Crippen LogP contribution is -2.44. The van der Waals surface area contributed by atoms with E-state index in [0.717, 1.165) is 5.57 Å². The van der Waals surface area contributed by atoms with Gasteiger partial charge < -0.3 is 9.47 Å². The molecule has 0 saturated heterocycles. The van der Waals surface area contributed by atoms with Crippen molar-refractivity contribution in [3.8, 4) is 0 Å². The highest BCUT2D eigenvalue weighted by atomic mass is 16.5. The van der Waals surface area contributed by atoms with Gasteiger partial charge in [0, 0.05) is 11.0 Å². The van der Waals surface area contributed by atoms with E-state index in [1.54, 1.807) is 20.8 Å². The molecule has 1 saturated carbocycles. The summed E-state index contributed by atoms with van der Waals surface area (Å²) in [5.74, 6) is -0.623. The van der Waals surface area contributed by atoms with Gasteiger partial charge in [-0.1, -0.05) is 19.4 Å². The number of allylic oxidation sites excluding steroid dienone is 1. The molecule has 0 amide bonds. The van der Waals surface area contributed by atoms with Crippen molar-refractivity contribution < 1.29 is 19.1 Å². The molecule has 102 valence electrons. The van der Waals surface area contributed by atoms with E-state index >= 15 is 0 Å². The largest absolute Gasteiger partial charge is 0.466 e. The van der Waals surface area contributed by atoms with Gasteiger partial charge in [0.05, 0.1) is 19.1 Å². The minimum atomic E-state index is -0.316. The van der Waals surface area contributed by atoms with Crippen LogP contribution >= 0.6 is 0 Å². The van der Waals surface area contributed by atoms with E-state index in [2.05, 4.69) is 0 Å². The van der Waals surface area contributed by atoms with Crippen LogP contribution in [0.5, 0.6) is 0 Å². The van der Waals surface area contributed by atoms with Crippen LogP contribution in [0.4, 0.5) is 0 Å². The van der Waals surface area contributed by atoms with Crippen molar-refractivity contribution in [1.82, 2.24) is 0 Å². The van der Waals surface area contributed by atoms with E-state index in [0.29, 0.717) is 25.2 Å². The Labute approximate surface area is 108 Å². The molecule has 0 aromatic heterocycles. The summed E-state index contributed by atoms with van der Waals surface area (Å²) in [6, 6.07) is 0. The van der Waals surface area contributed by atoms with E-state index in [4.69, 9.17) is 9.47 Å². The summed E-state index contributed by atoms with van der Waals surface area (Å²) >= 11 is 0. The molecule has 4 nitrogen and oxygen atoms in total. The van der Waals surface area contributed by atoms with Crippen molar-refractivity contribution in [1.29, 1.82) is 0 Å². The molecule has 0 aromatic carbocycles. The van der Waals surface area contributed by atoms with Crippen LogP contribution in [0.15, 0.2) is 11.1 Å². The van der Waals surface area contributed by atoms with Crippen LogP contribution in [-0.2, 0) is 19.1 Å². The van der Waals surface area contributed by atoms with Gasteiger partial charge in [-0.2, -0.15) is 0 Å². The van der Waals surface area contributed by atoms with Crippen LogP contribution in [0.25, 0.3) is 0 Å². The first-order valence-electron chi connectivity index (χ1n) is 6.40. The van der Waals surface area contributed by atoms with Gasteiger partial charge in [0.25, 0.3) is 0 Å². The molecular weight excluding hydrogens is 232 g/mol. The second-order valence-electron chi connectivity index (χ2n) is 5.05. The second kappa shape index (κ2) is 5.55. The number of hydrogen-bond acceptors (Lipinski definition) is 4. The van der Waals surface area contributed by atoms with Crippen LogP contribution in [0.2, 0.25) is 0 Å². The summed E-state index contributed by atoms with van der Waals surface area (Å²) in [6.45, 7) is 10.0. The minimum Gasteiger partial charge on any atom is -0.466 e. The van der Waals surface area contributed by atoms with Crippen molar-refractivity contribution in [2.24, 2.45) is 11.3 Å². The predicted molar refractivity (Wildman–Crippen MR) is 67.9 cm³/mol. The summed E-state index contributed by atoms with van der Waals surface area (Å²) < 4.78 is 10.0. The van der Waals surface area contributed by atoms with Gasteiger partial charge in [0.1, 0.15) is 0 Å². The Hall–Kier alpha value is -1.32. The maximum absolute atomic E-state index is 11.7. The zero-order chi connectivity index (χ0) is 13.9. The molecule has 4 heteroatoms. The molecule has 0 N–H and O–H groups in total. The SMILES string of the molecule is CCOC(=O)/C(C)=C1\CC(C(=O)OCC)C1(C)C. The van der Waals surface area contributed by atoms with E-state index in [9.17, 15) is 9.59 Å². The highest BCUT2D eigenvalue weighted by molar-refractivity contribution is 5.90. The molecule has 1 aliphatic rings. The third-order valence-electron chi connectivity index (χ3n) is 3.66. The van der Waals surface area contributed by atoms with Crippen LogP contribution in [-0.4, -0.2) is 25.2 Å². The number of ether oxygens (including phenoxy) is 2. The molecule has 1 rings (SSSR count). The highest BCUT2D eigenvalue weighted by Crippen LogP contribution is 2.52. The Morgan fingerprint density at radius 1 is 1.22 bits per heavy atom. The molecule has 0 bridgehead atoms. The number of esters is 2. The van der Waals surface area contributed by atoms with E-state index in [1.807, 2.05) is 13.8 Å². The van der Waals surface area contributed by atoms with Crippen LogP contribution in [0.3, 0.4) is 0 Å². The van der Waals surface area contributed by atoms with Crippen LogP contribution in [0, 0.1) is 11.3 Å². The summed E-state index contributed by atoms with van der Waals surface area (Å²) in [4.78, 5) is 23.4. The van der Waals surface area contributed by atoms with Gasteiger partial charge in [-0.25, -0.2) is 4.79 Å². The van der Waals surface area contributed by atoms with Crippen molar-refractivity contribution >= 4 is 11.9 Å². The average Bonchev–Trinajstić information content (AvgIpc) is 2.28. The molecule has 0 radical (unpaired) electrons. The fourth-order valence-corrected chi connectivity index (χ4v) is 2.42. The maximum Gasteiger partial charge on any atom is 0.333 e. The first kappa shape index (κ1) is 14.7. The molecule has 0 aliphatic heterocycles. The molecular formula is C14H22O4. The fraction of sp³-hybridized carbons (Fsp3) is 0.714. The number of carbonyl (C=O) groups excluding carboxylic acids is 2. The van der Waals surface area contributed by atoms with Gasteiger partial charge in [-0.05, 0) is 27.2 Å². The zero-order valence-corrected chi connectivity index (χ0v) is 11.8. The van der Waals surface area contributed by atoms with Gasteiger partial charge in [0.2, 0.25) is 0 Å². The minimum absolute atomic E-state index is 0.156. The highest BCUT2D eigenvalue weighted by Gasteiger charge is 2.50. The quantitative estimate of drug-likeness (QED) is 0.571. The standard InChI is InChI=1S/C14H22O4/c1-6-17-12(15)9(3)10-8-11(14(10,4)5)13(16)18-7-2/h11H,6-8H2,1-5H3/b10-9+. The molecule has 18 heavy (non-hydrogen) atoms. The van der Waals surface area contributed by atoms with Gasteiger partial charge >= 0.3 is 11.9 Å². The fourth-order valence-electron chi connectivity index (χ4n) is 2.42. The zero-order valence-electron chi connectivity index (χ0n) is 11.8. The number of rotatable bonds is 4. The Bertz CT molecular complexity index is 379. The molecule has 0 spiro atoms. The summed E-state index contributed by atoms with van der Waals surface area (Å²) in [5, 5.41) is 0. The summed E-state index contributed by atoms with van der Waals surface area (Å²) in [6.07, 6.45) is 0.594. The van der Waals surface area contributed by atoms with Gasteiger partial charge in [-0.3, -0.25) is 4.79 Å². The lowest BCUT2D eigenvalue weighted by Gasteiger charge is -2.46. The number of carbonyl (C=O) groups is 2. The Balaban J connectivity index is 2.83. The normalized spacial score (nSPS) is 23.9. The van der Waals surface area contributed by atoms with Crippen LogP contribution < -0.4 is 0 Å². The van der Waals surface area contributed by atoms with Gasteiger partial charge in [-0.15, -0.1) is 0 Å². The summed E-state index contributed by atoms with van der Waals surface area (Å²) in [7, 11) is 0. The first-order valence-corrected chi connectivity index (χ1v) is 6.40. The average molecular weight is 254 g/mol. The molecule has 0 heterocycles. The molecule has 1 atom stereocenters. The smallest absolute Gasteiger partial charge is 0.333 e. The van der Waals surface area contributed by atoms with Crippen LogP contribution in [0.1, 0.15) is 41.0 Å². The lowest BCUT2D eigenvalue weighted by atomic mass is 9.57. The second-order valence-corrected chi connectivity index (χ2v) is 5.05.